The van der Waals surface area contributed by atoms with Crippen molar-refractivity contribution in [1.29, 1.82) is 0 Å². The first-order valence-electron chi connectivity index (χ1n) is 9.15. The van der Waals surface area contributed by atoms with E-state index in [9.17, 15) is 18.0 Å². The highest BCUT2D eigenvalue weighted by Gasteiger charge is 2.32. The Morgan fingerprint density at radius 3 is 2.42 bits per heavy atom. The summed E-state index contributed by atoms with van der Waals surface area (Å²) in [5.41, 5.74) is 2.62. The number of carboxylic acids is 1. The number of carbonyl (C=O) groups excluding carboxylic acids is 1. The molecule has 2 aromatic carbocycles. The number of anilines is 1. The largest absolute Gasteiger partial charge is 0.481 e. The van der Waals surface area contributed by atoms with Crippen LogP contribution in [0.4, 0.5) is 5.69 Å². The minimum Gasteiger partial charge on any atom is -0.481 e. The van der Waals surface area contributed by atoms with E-state index in [0.29, 0.717) is 17.0 Å². The third-order valence-corrected chi connectivity index (χ3v) is 6.78. The van der Waals surface area contributed by atoms with Crippen LogP contribution in [0.1, 0.15) is 24.5 Å². The van der Waals surface area contributed by atoms with Crippen molar-refractivity contribution >= 4 is 50.2 Å². The second kappa shape index (κ2) is 9.31. The van der Waals surface area contributed by atoms with E-state index >= 15 is 0 Å². The lowest BCUT2D eigenvalue weighted by atomic mass is 10.1. The zero-order chi connectivity index (χ0) is 22.6. The van der Waals surface area contributed by atoms with Crippen molar-refractivity contribution in [2.75, 3.05) is 4.72 Å². The highest BCUT2D eigenvalue weighted by Crippen LogP contribution is 2.22. The molecule has 3 N–H and O–H groups in total. The molecule has 0 bridgehead atoms. The monoisotopic (exact) mass is 460 g/mol. The minimum absolute atomic E-state index is 0.174. The summed E-state index contributed by atoms with van der Waals surface area (Å²) in [6, 6.07) is 13.2. The molecule has 1 saturated heterocycles. The summed E-state index contributed by atoms with van der Waals surface area (Å²) in [7, 11) is -3.69. The Kier molecular flexibility index (Phi) is 6.76. The number of thioether (sulfide) groups is 1. The minimum atomic E-state index is -3.69. The average Bonchev–Trinajstić information content (AvgIpc) is 3.05. The quantitative estimate of drug-likeness (QED) is 0.429. The van der Waals surface area contributed by atoms with Crippen molar-refractivity contribution < 1.29 is 23.1 Å². The summed E-state index contributed by atoms with van der Waals surface area (Å²) < 4.78 is 27.5. The molecule has 1 aliphatic rings. The highest BCUT2D eigenvalue weighted by molar-refractivity contribution is 8.15. The molecule has 1 heterocycles. The zero-order valence-corrected chi connectivity index (χ0v) is 18.3. The molecule has 0 aromatic heterocycles. The lowest BCUT2D eigenvalue weighted by molar-refractivity contribution is -0.138. The van der Waals surface area contributed by atoms with Gasteiger partial charge in [-0.2, -0.15) is 5.10 Å². The molecule has 162 valence electrons. The van der Waals surface area contributed by atoms with Crippen LogP contribution in [-0.2, 0) is 19.6 Å². The molecule has 31 heavy (non-hydrogen) atoms. The molecule has 1 aliphatic heterocycles. The SMILES string of the molecule is C/C(=N\N=C1/NC(=O)[C@H](CC(=O)O)S1)c1ccc(NS(=O)(=O)c2ccc(C)cc2)cc1. The van der Waals surface area contributed by atoms with Gasteiger partial charge in [0.1, 0.15) is 5.25 Å². The fraction of sp³-hybridized carbons (Fsp3) is 0.200. The Morgan fingerprint density at radius 1 is 1.16 bits per heavy atom. The molecule has 0 aliphatic carbocycles. The second-order valence-electron chi connectivity index (χ2n) is 6.78. The summed E-state index contributed by atoms with van der Waals surface area (Å²) >= 11 is 1.02. The molecule has 1 amide bonds. The van der Waals surface area contributed by atoms with Gasteiger partial charge in [0.15, 0.2) is 5.17 Å². The number of nitrogens with one attached hydrogen (secondary N) is 2. The molecule has 1 atom stereocenters. The number of benzene rings is 2. The highest BCUT2D eigenvalue weighted by atomic mass is 32.2. The van der Waals surface area contributed by atoms with E-state index in [2.05, 4.69) is 20.2 Å². The molecule has 0 radical (unpaired) electrons. The van der Waals surface area contributed by atoms with Crippen LogP contribution >= 0.6 is 11.8 Å². The molecule has 0 spiro atoms. The number of sulfonamides is 1. The Morgan fingerprint density at radius 2 is 1.81 bits per heavy atom. The van der Waals surface area contributed by atoms with Crippen molar-refractivity contribution in [1.82, 2.24) is 5.32 Å². The van der Waals surface area contributed by atoms with Crippen LogP contribution in [0, 0.1) is 6.92 Å². The number of hydrogen-bond acceptors (Lipinski definition) is 7. The fourth-order valence-electron chi connectivity index (χ4n) is 2.63. The van der Waals surface area contributed by atoms with E-state index < -0.39 is 27.1 Å². The first-order chi connectivity index (χ1) is 14.6. The Labute approximate surface area is 183 Å². The van der Waals surface area contributed by atoms with Gasteiger partial charge in [-0.25, -0.2) is 8.42 Å². The van der Waals surface area contributed by atoms with Gasteiger partial charge in [0.2, 0.25) is 5.91 Å². The number of rotatable bonds is 7. The molecular formula is C20H20N4O5S2. The molecular weight excluding hydrogens is 440 g/mol. The lowest BCUT2D eigenvalue weighted by Gasteiger charge is -2.09. The second-order valence-corrected chi connectivity index (χ2v) is 9.65. The van der Waals surface area contributed by atoms with Crippen molar-refractivity contribution in [2.45, 2.75) is 30.4 Å². The number of carbonyl (C=O) groups is 2. The van der Waals surface area contributed by atoms with E-state index in [-0.39, 0.29) is 16.5 Å². The number of aliphatic carboxylic acids is 1. The molecule has 2 aromatic rings. The van der Waals surface area contributed by atoms with Gasteiger partial charge >= 0.3 is 5.97 Å². The summed E-state index contributed by atoms with van der Waals surface area (Å²) in [5, 5.41) is 18.8. The van der Waals surface area contributed by atoms with Gasteiger partial charge in [-0.05, 0) is 43.7 Å². The van der Waals surface area contributed by atoms with Crippen LogP contribution in [0.15, 0.2) is 63.6 Å². The summed E-state index contributed by atoms with van der Waals surface area (Å²) in [4.78, 5) is 22.7. The van der Waals surface area contributed by atoms with Crippen LogP contribution in [0.2, 0.25) is 0 Å². The number of nitrogens with zero attached hydrogens (tertiary/aromatic N) is 2. The van der Waals surface area contributed by atoms with E-state index in [0.717, 1.165) is 17.3 Å². The van der Waals surface area contributed by atoms with Crippen LogP contribution in [-0.4, -0.2) is 41.5 Å². The fourth-order valence-corrected chi connectivity index (χ4v) is 4.60. The third kappa shape index (κ3) is 5.92. The zero-order valence-electron chi connectivity index (χ0n) is 16.7. The van der Waals surface area contributed by atoms with Crippen LogP contribution in [0.3, 0.4) is 0 Å². The predicted molar refractivity (Wildman–Crippen MR) is 120 cm³/mol. The van der Waals surface area contributed by atoms with Crippen molar-refractivity contribution in [3.05, 3.63) is 59.7 Å². The Balaban J connectivity index is 1.67. The van der Waals surface area contributed by atoms with Gasteiger partial charge in [-0.15, -0.1) is 5.10 Å². The van der Waals surface area contributed by atoms with Crippen molar-refractivity contribution in [2.24, 2.45) is 10.2 Å². The third-order valence-electron chi connectivity index (χ3n) is 4.31. The predicted octanol–water partition coefficient (Wildman–Crippen LogP) is 2.58. The Bertz CT molecular complexity index is 1160. The van der Waals surface area contributed by atoms with Crippen molar-refractivity contribution in [3.63, 3.8) is 0 Å². The van der Waals surface area contributed by atoms with Gasteiger partial charge in [0.05, 0.1) is 17.0 Å². The first kappa shape index (κ1) is 22.5. The number of carboxylic acid groups (broad SMARTS) is 1. The number of aryl methyl sites for hydroxylation is 1. The number of amides is 1. The smallest absolute Gasteiger partial charge is 0.305 e. The van der Waals surface area contributed by atoms with E-state index in [1.54, 1.807) is 55.5 Å². The summed E-state index contributed by atoms with van der Waals surface area (Å²) in [6.07, 6.45) is -0.293. The molecule has 11 heteroatoms. The van der Waals surface area contributed by atoms with Gasteiger partial charge < -0.3 is 10.4 Å². The van der Waals surface area contributed by atoms with Crippen LogP contribution < -0.4 is 10.0 Å². The maximum atomic E-state index is 12.5. The molecule has 9 nitrogen and oxygen atoms in total. The standard InChI is InChI=1S/C20H20N4O5S2/c1-12-3-9-16(10-4-12)31(28,29)24-15-7-5-14(6-8-15)13(2)22-23-20-21-19(27)17(30-20)11-18(25)26/h3-10,17,24H,11H2,1-2H3,(H,25,26)(H,21,23,27)/b22-13+/t17-/m0/s1. The molecule has 0 unspecified atom stereocenters. The van der Waals surface area contributed by atoms with E-state index in [4.69, 9.17) is 5.11 Å². The Hall–Kier alpha value is -3.18. The number of amidine groups is 1. The van der Waals surface area contributed by atoms with E-state index in [1.165, 1.54) is 0 Å². The van der Waals surface area contributed by atoms with Gasteiger partial charge in [0.25, 0.3) is 10.0 Å². The lowest BCUT2D eigenvalue weighted by Crippen LogP contribution is -2.26. The van der Waals surface area contributed by atoms with E-state index in [1.807, 2.05) is 6.92 Å². The van der Waals surface area contributed by atoms with Crippen LogP contribution in [0.5, 0.6) is 0 Å². The first-order valence-corrected chi connectivity index (χ1v) is 11.5. The molecule has 3 rings (SSSR count). The molecule has 0 saturated carbocycles. The normalized spacial score (nSPS) is 18.1. The topological polar surface area (TPSA) is 137 Å². The average molecular weight is 461 g/mol. The molecule has 1 fully saturated rings. The summed E-state index contributed by atoms with van der Waals surface area (Å²) in [5.74, 6) is -1.48. The van der Waals surface area contributed by atoms with Gasteiger partial charge in [-0.3, -0.25) is 14.3 Å². The maximum Gasteiger partial charge on any atom is 0.305 e. The van der Waals surface area contributed by atoms with Gasteiger partial charge in [0, 0.05) is 5.69 Å². The summed E-state index contributed by atoms with van der Waals surface area (Å²) in [6.45, 7) is 3.59. The number of hydrogen-bond donors (Lipinski definition) is 3. The van der Waals surface area contributed by atoms with Crippen molar-refractivity contribution in [3.8, 4) is 0 Å². The van der Waals surface area contributed by atoms with Gasteiger partial charge in [-0.1, -0.05) is 41.6 Å². The maximum absolute atomic E-state index is 12.5. The van der Waals surface area contributed by atoms with Crippen LogP contribution in [0.25, 0.3) is 0 Å².